The first kappa shape index (κ1) is 13.0. The number of aryl methyl sites for hydroxylation is 1. The molecule has 3 nitrogen and oxygen atoms in total. The van der Waals surface area contributed by atoms with Gasteiger partial charge >= 0.3 is 0 Å². The average molecular weight is 306 g/mol. The summed E-state index contributed by atoms with van der Waals surface area (Å²) >= 11 is 3.48. The zero-order valence-corrected chi connectivity index (χ0v) is 12.2. The summed E-state index contributed by atoms with van der Waals surface area (Å²) in [4.78, 5) is 10.9. The summed E-state index contributed by atoms with van der Waals surface area (Å²) in [6.45, 7) is 5.93. The van der Waals surface area contributed by atoms with Crippen LogP contribution in [-0.4, -0.2) is 16.5 Å². The molecule has 0 unspecified atom stereocenters. The Hall–Kier alpha value is -1.42. The van der Waals surface area contributed by atoms with Gasteiger partial charge in [0.25, 0.3) is 0 Å². The van der Waals surface area contributed by atoms with Crippen LogP contribution >= 0.6 is 15.9 Å². The van der Waals surface area contributed by atoms with E-state index in [1.807, 2.05) is 43.6 Å². The predicted molar refractivity (Wildman–Crippen MR) is 77.6 cm³/mol. The van der Waals surface area contributed by atoms with Gasteiger partial charge < -0.3 is 4.90 Å². The summed E-state index contributed by atoms with van der Waals surface area (Å²) in [6.07, 6.45) is 3.65. The van der Waals surface area contributed by atoms with Crippen molar-refractivity contribution < 1.29 is 0 Å². The Bertz CT molecular complexity index is 514. The SMILES string of the molecule is CCN(Cc1ccncc1)c1ccc(Br)c(C)n1. The molecular formula is C14H16BrN3. The summed E-state index contributed by atoms with van der Waals surface area (Å²) in [6, 6.07) is 8.16. The molecule has 0 aromatic carbocycles. The van der Waals surface area contributed by atoms with Crippen LogP contribution in [0.2, 0.25) is 0 Å². The van der Waals surface area contributed by atoms with Crippen LogP contribution in [0.3, 0.4) is 0 Å². The molecule has 0 radical (unpaired) electrons. The van der Waals surface area contributed by atoms with Gasteiger partial charge in [-0.25, -0.2) is 4.98 Å². The highest BCUT2D eigenvalue weighted by molar-refractivity contribution is 9.10. The minimum atomic E-state index is 0.854. The number of halogens is 1. The lowest BCUT2D eigenvalue weighted by Gasteiger charge is -2.22. The van der Waals surface area contributed by atoms with Crippen LogP contribution < -0.4 is 4.90 Å². The van der Waals surface area contributed by atoms with E-state index in [2.05, 4.69) is 37.7 Å². The zero-order chi connectivity index (χ0) is 13.0. The van der Waals surface area contributed by atoms with Crippen LogP contribution in [0.25, 0.3) is 0 Å². The van der Waals surface area contributed by atoms with E-state index < -0.39 is 0 Å². The Morgan fingerprint density at radius 2 is 1.89 bits per heavy atom. The fourth-order valence-corrected chi connectivity index (χ4v) is 1.99. The third-order valence-electron chi connectivity index (χ3n) is 2.84. The summed E-state index contributed by atoms with van der Waals surface area (Å²) in [5, 5.41) is 0. The van der Waals surface area contributed by atoms with E-state index in [4.69, 9.17) is 0 Å². The molecule has 0 saturated carbocycles. The van der Waals surface area contributed by atoms with Crippen molar-refractivity contribution in [3.8, 4) is 0 Å². The number of pyridine rings is 2. The molecular weight excluding hydrogens is 290 g/mol. The fraction of sp³-hybridized carbons (Fsp3) is 0.286. The number of nitrogens with zero attached hydrogens (tertiary/aromatic N) is 3. The number of rotatable bonds is 4. The molecule has 0 fully saturated rings. The van der Waals surface area contributed by atoms with Crippen LogP contribution in [0.1, 0.15) is 18.2 Å². The van der Waals surface area contributed by atoms with Gasteiger partial charge in [0.15, 0.2) is 0 Å². The molecule has 0 N–H and O–H groups in total. The number of anilines is 1. The lowest BCUT2D eigenvalue weighted by atomic mass is 10.2. The lowest BCUT2D eigenvalue weighted by Crippen LogP contribution is -2.23. The van der Waals surface area contributed by atoms with E-state index in [1.54, 1.807) is 0 Å². The Morgan fingerprint density at radius 1 is 1.17 bits per heavy atom. The highest BCUT2D eigenvalue weighted by atomic mass is 79.9. The molecule has 2 aromatic heterocycles. The zero-order valence-electron chi connectivity index (χ0n) is 10.6. The van der Waals surface area contributed by atoms with Crippen molar-refractivity contribution in [3.05, 3.63) is 52.4 Å². The van der Waals surface area contributed by atoms with Crippen molar-refractivity contribution in [2.75, 3.05) is 11.4 Å². The van der Waals surface area contributed by atoms with Gasteiger partial charge in [0, 0.05) is 30.0 Å². The highest BCUT2D eigenvalue weighted by Crippen LogP contribution is 2.20. The molecule has 2 aromatic rings. The molecule has 0 atom stereocenters. The normalized spacial score (nSPS) is 10.4. The first-order chi connectivity index (χ1) is 8.70. The smallest absolute Gasteiger partial charge is 0.129 e. The lowest BCUT2D eigenvalue weighted by molar-refractivity contribution is 0.809. The Kier molecular flexibility index (Phi) is 4.31. The molecule has 0 aliphatic carbocycles. The monoisotopic (exact) mass is 305 g/mol. The molecule has 94 valence electrons. The first-order valence-corrected chi connectivity index (χ1v) is 6.77. The molecule has 0 aliphatic heterocycles. The molecule has 2 heterocycles. The molecule has 0 spiro atoms. The standard InChI is InChI=1S/C14H16BrN3/c1-3-18(10-12-6-8-16-9-7-12)14-5-4-13(15)11(2)17-14/h4-9H,3,10H2,1-2H3. The number of hydrogen-bond acceptors (Lipinski definition) is 3. The maximum atomic E-state index is 4.60. The van der Waals surface area contributed by atoms with Gasteiger partial charge in [0.1, 0.15) is 5.82 Å². The van der Waals surface area contributed by atoms with Crippen molar-refractivity contribution in [2.24, 2.45) is 0 Å². The van der Waals surface area contributed by atoms with E-state index in [0.717, 1.165) is 29.1 Å². The Morgan fingerprint density at radius 3 is 2.50 bits per heavy atom. The molecule has 0 bridgehead atoms. The molecule has 2 rings (SSSR count). The highest BCUT2D eigenvalue weighted by Gasteiger charge is 2.08. The van der Waals surface area contributed by atoms with Crippen molar-refractivity contribution >= 4 is 21.7 Å². The van der Waals surface area contributed by atoms with Gasteiger partial charge in [0.2, 0.25) is 0 Å². The largest absolute Gasteiger partial charge is 0.353 e. The molecule has 0 amide bonds. The summed E-state index contributed by atoms with van der Waals surface area (Å²) in [5.41, 5.74) is 2.26. The summed E-state index contributed by atoms with van der Waals surface area (Å²) in [5.74, 6) is 1.01. The van der Waals surface area contributed by atoms with E-state index in [0.29, 0.717) is 0 Å². The van der Waals surface area contributed by atoms with Crippen molar-refractivity contribution in [3.63, 3.8) is 0 Å². The van der Waals surface area contributed by atoms with Gasteiger partial charge in [-0.05, 0) is 59.6 Å². The van der Waals surface area contributed by atoms with Crippen molar-refractivity contribution in [2.45, 2.75) is 20.4 Å². The van der Waals surface area contributed by atoms with E-state index >= 15 is 0 Å². The van der Waals surface area contributed by atoms with E-state index in [9.17, 15) is 0 Å². The Labute approximate surface area is 116 Å². The summed E-state index contributed by atoms with van der Waals surface area (Å²) < 4.78 is 1.05. The molecule has 0 aliphatic rings. The van der Waals surface area contributed by atoms with E-state index in [-0.39, 0.29) is 0 Å². The Balaban J connectivity index is 2.20. The minimum Gasteiger partial charge on any atom is -0.353 e. The predicted octanol–water partition coefficient (Wildman–Crippen LogP) is 3.57. The second-order valence-corrected chi connectivity index (χ2v) is 4.96. The first-order valence-electron chi connectivity index (χ1n) is 5.97. The number of aromatic nitrogens is 2. The van der Waals surface area contributed by atoms with Crippen molar-refractivity contribution in [1.82, 2.24) is 9.97 Å². The van der Waals surface area contributed by atoms with Crippen LogP contribution in [0, 0.1) is 6.92 Å². The van der Waals surface area contributed by atoms with Crippen LogP contribution in [0.15, 0.2) is 41.1 Å². The van der Waals surface area contributed by atoms with Gasteiger partial charge in [0.05, 0.1) is 5.69 Å². The molecule has 0 saturated heterocycles. The van der Waals surface area contributed by atoms with Crippen LogP contribution in [-0.2, 0) is 6.54 Å². The van der Waals surface area contributed by atoms with Crippen molar-refractivity contribution in [1.29, 1.82) is 0 Å². The third kappa shape index (κ3) is 3.07. The van der Waals surface area contributed by atoms with Gasteiger partial charge in [-0.1, -0.05) is 0 Å². The second kappa shape index (κ2) is 5.96. The maximum Gasteiger partial charge on any atom is 0.129 e. The van der Waals surface area contributed by atoms with Crippen LogP contribution in [0.5, 0.6) is 0 Å². The fourth-order valence-electron chi connectivity index (χ4n) is 1.77. The second-order valence-electron chi connectivity index (χ2n) is 4.11. The average Bonchev–Trinajstić information content (AvgIpc) is 2.40. The van der Waals surface area contributed by atoms with E-state index in [1.165, 1.54) is 5.56 Å². The summed E-state index contributed by atoms with van der Waals surface area (Å²) in [7, 11) is 0. The van der Waals surface area contributed by atoms with Gasteiger partial charge in [-0.2, -0.15) is 0 Å². The topological polar surface area (TPSA) is 29.0 Å². The van der Waals surface area contributed by atoms with Gasteiger partial charge in [-0.15, -0.1) is 0 Å². The molecule has 4 heteroatoms. The number of hydrogen-bond donors (Lipinski definition) is 0. The van der Waals surface area contributed by atoms with Gasteiger partial charge in [-0.3, -0.25) is 4.98 Å². The third-order valence-corrected chi connectivity index (χ3v) is 3.67. The minimum absolute atomic E-state index is 0.854. The molecule has 18 heavy (non-hydrogen) atoms. The van der Waals surface area contributed by atoms with Crippen LogP contribution in [0.4, 0.5) is 5.82 Å². The quantitative estimate of drug-likeness (QED) is 0.864. The maximum absolute atomic E-state index is 4.60.